The van der Waals surface area contributed by atoms with E-state index in [9.17, 15) is 24.4 Å². The SMILES string of the molecule is COC(C)(OC)C(=O)OCOC(=O)C1=CCS[C@@H]2C(NC(=O)C(=NO)c3csc(N)n3)C(=O)N12. The van der Waals surface area contributed by atoms with Gasteiger partial charge in [0.1, 0.15) is 22.8 Å². The van der Waals surface area contributed by atoms with Gasteiger partial charge in [-0.15, -0.1) is 23.1 Å². The molecule has 1 unspecified atom stereocenters. The number of nitrogens with zero attached hydrogens (tertiary/aromatic N) is 3. The minimum absolute atomic E-state index is 0.0548. The summed E-state index contributed by atoms with van der Waals surface area (Å²) in [4.78, 5) is 54.7. The van der Waals surface area contributed by atoms with E-state index in [-0.39, 0.29) is 16.5 Å². The van der Waals surface area contributed by atoms with Gasteiger partial charge in [-0.1, -0.05) is 5.16 Å². The molecule has 14 nitrogen and oxygen atoms in total. The van der Waals surface area contributed by atoms with Crippen LogP contribution in [0.1, 0.15) is 12.6 Å². The Labute approximate surface area is 201 Å². The number of oxime groups is 1. The van der Waals surface area contributed by atoms with Gasteiger partial charge < -0.3 is 35.2 Å². The van der Waals surface area contributed by atoms with Crippen molar-refractivity contribution in [3.8, 4) is 0 Å². The first-order valence-electron chi connectivity index (χ1n) is 9.50. The van der Waals surface area contributed by atoms with E-state index in [4.69, 9.17) is 24.7 Å². The smallest absolute Gasteiger partial charge is 0.369 e. The first-order valence-corrected chi connectivity index (χ1v) is 11.4. The molecule has 1 aromatic heterocycles. The number of nitrogens with one attached hydrogen (secondary N) is 1. The van der Waals surface area contributed by atoms with Crippen LogP contribution in [-0.2, 0) is 38.1 Å². The van der Waals surface area contributed by atoms with E-state index in [0.29, 0.717) is 5.75 Å². The molecule has 0 spiro atoms. The number of anilines is 1. The summed E-state index contributed by atoms with van der Waals surface area (Å²) in [6.07, 6.45) is 1.48. The lowest BCUT2D eigenvalue weighted by molar-refractivity contribution is -0.229. The third kappa shape index (κ3) is 4.84. The summed E-state index contributed by atoms with van der Waals surface area (Å²) < 4.78 is 19.6. The summed E-state index contributed by atoms with van der Waals surface area (Å²) in [5.41, 5.74) is 5.13. The highest BCUT2D eigenvalue weighted by atomic mass is 32.2. The number of rotatable bonds is 9. The van der Waals surface area contributed by atoms with Crippen molar-refractivity contribution < 1.29 is 43.3 Å². The van der Waals surface area contributed by atoms with Gasteiger partial charge in [-0.2, -0.15) is 0 Å². The van der Waals surface area contributed by atoms with Gasteiger partial charge in [-0.3, -0.25) is 14.5 Å². The lowest BCUT2D eigenvalue weighted by Crippen LogP contribution is -2.70. The van der Waals surface area contributed by atoms with Crippen molar-refractivity contribution >= 4 is 57.7 Å². The predicted molar refractivity (Wildman–Crippen MR) is 117 cm³/mol. The van der Waals surface area contributed by atoms with Crippen LogP contribution in [0.3, 0.4) is 0 Å². The minimum atomic E-state index is -1.67. The molecule has 34 heavy (non-hydrogen) atoms. The molecule has 16 heteroatoms. The fraction of sp³-hybridized carbons (Fsp3) is 0.444. The molecule has 1 aromatic rings. The zero-order valence-corrected chi connectivity index (χ0v) is 19.8. The topological polar surface area (TPSA) is 192 Å². The number of β-lactam (4-membered cyclic amide) rings is 1. The normalized spacial score (nSPS) is 20.1. The van der Waals surface area contributed by atoms with Crippen molar-refractivity contribution in [3.05, 3.63) is 22.8 Å². The highest BCUT2D eigenvalue weighted by Crippen LogP contribution is 2.37. The number of ether oxygens (including phenoxy) is 4. The molecule has 2 amide bonds. The molecule has 0 aromatic carbocycles. The maximum atomic E-state index is 12.7. The molecule has 2 aliphatic heterocycles. The fourth-order valence-corrected chi connectivity index (χ4v) is 4.68. The zero-order chi connectivity index (χ0) is 25.0. The Morgan fingerprint density at radius 2 is 2.06 bits per heavy atom. The molecule has 1 fully saturated rings. The van der Waals surface area contributed by atoms with Crippen molar-refractivity contribution in [2.45, 2.75) is 24.1 Å². The molecule has 184 valence electrons. The molecule has 1 saturated heterocycles. The minimum Gasteiger partial charge on any atom is -0.424 e. The van der Waals surface area contributed by atoms with Crippen LogP contribution in [0.15, 0.2) is 22.3 Å². The Balaban J connectivity index is 1.58. The number of methoxy groups -OCH3 is 2. The molecule has 0 radical (unpaired) electrons. The Morgan fingerprint density at radius 3 is 2.65 bits per heavy atom. The molecule has 0 aliphatic carbocycles. The highest BCUT2D eigenvalue weighted by Gasteiger charge is 2.53. The summed E-state index contributed by atoms with van der Waals surface area (Å²) >= 11 is 2.35. The first kappa shape index (κ1) is 25.4. The number of carbonyl (C=O) groups is 4. The summed E-state index contributed by atoms with van der Waals surface area (Å²) in [5, 5.41) is 15.6. The first-order chi connectivity index (χ1) is 16.2. The summed E-state index contributed by atoms with van der Waals surface area (Å²) in [7, 11) is 2.49. The van der Waals surface area contributed by atoms with Crippen molar-refractivity contribution in [3.63, 3.8) is 0 Å². The van der Waals surface area contributed by atoms with Crippen LogP contribution in [0, 0.1) is 0 Å². The number of thiazole rings is 1. The molecule has 3 rings (SSSR count). The molecule has 0 bridgehead atoms. The second-order valence-electron chi connectivity index (χ2n) is 6.83. The molecule has 0 saturated carbocycles. The monoisotopic (exact) mass is 515 g/mol. The van der Waals surface area contributed by atoms with Gasteiger partial charge >= 0.3 is 11.9 Å². The number of hydrogen-bond acceptors (Lipinski definition) is 14. The number of fused-ring (bicyclic) bond motifs is 1. The molecule has 4 N–H and O–H groups in total. The van der Waals surface area contributed by atoms with Crippen molar-refractivity contribution in [2.75, 3.05) is 32.5 Å². The van der Waals surface area contributed by atoms with Gasteiger partial charge in [0.05, 0.1) is 0 Å². The maximum absolute atomic E-state index is 12.7. The number of nitrogen functional groups attached to an aromatic ring is 1. The van der Waals surface area contributed by atoms with E-state index in [1.165, 1.54) is 44.4 Å². The van der Waals surface area contributed by atoms with Gasteiger partial charge in [0.2, 0.25) is 6.79 Å². The van der Waals surface area contributed by atoms with E-state index in [1.54, 1.807) is 0 Å². The summed E-state index contributed by atoms with van der Waals surface area (Å²) in [6.45, 7) is 0.594. The third-order valence-electron chi connectivity index (χ3n) is 4.95. The van der Waals surface area contributed by atoms with Crippen LogP contribution >= 0.6 is 23.1 Å². The fourth-order valence-electron chi connectivity index (χ4n) is 2.94. The Morgan fingerprint density at radius 1 is 1.35 bits per heavy atom. The number of aromatic nitrogens is 1. The van der Waals surface area contributed by atoms with Crippen LogP contribution in [0.25, 0.3) is 0 Å². The number of nitrogens with two attached hydrogens (primary N) is 1. The van der Waals surface area contributed by atoms with Crippen LogP contribution in [0.2, 0.25) is 0 Å². The van der Waals surface area contributed by atoms with Crippen molar-refractivity contribution in [1.29, 1.82) is 0 Å². The van der Waals surface area contributed by atoms with Crippen LogP contribution in [0.4, 0.5) is 5.13 Å². The average Bonchev–Trinajstić information content (AvgIpc) is 3.27. The van der Waals surface area contributed by atoms with Gasteiger partial charge in [0, 0.05) is 32.3 Å². The van der Waals surface area contributed by atoms with E-state index >= 15 is 0 Å². The second-order valence-corrected chi connectivity index (χ2v) is 8.87. The number of esters is 2. The number of thioether (sulfide) groups is 1. The summed E-state index contributed by atoms with van der Waals surface area (Å²) in [6, 6.07) is -0.983. The lowest BCUT2D eigenvalue weighted by Gasteiger charge is -2.48. The standard InChI is InChI=1S/C18H21N5O9S2/c1-18(29-2,30-3)16(27)32-7-31-15(26)9-4-5-33-14-11(13(25)23(9)14)21-12(24)10(22-28)8-6-34-17(19)20-8/h4,6,11,14,28H,5,7H2,1-3H3,(H2,19,20)(H,21,24)/t11?,14-/m1/s1. The van der Waals surface area contributed by atoms with Crippen LogP contribution in [0.5, 0.6) is 0 Å². The number of hydrogen-bond donors (Lipinski definition) is 3. The molecule has 2 aliphatic rings. The van der Waals surface area contributed by atoms with Gasteiger partial charge in [-0.25, -0.2) is 14.6 Å². The molecular weight excluding hydrogens is 494 g/mol. The van der Waals surface area contributed by atoms with E-state index in [0.717, 1.165) is 16.2 Å². The molecule has 2 atom stereocenters. The van der Waals surface area contributed by atoms with Gasteiger partial charge in [0.25, 0.3) is 17.6 Å². The summed E-state index contributed by atoms with van der Waals surface area (Å²) in [5.74, 6) is -4.55. The lowest BCUT2D eigenvalue weighted by atomic mass is 10.0. The second kappa shape index (κ2) is 10.4. The van der Waals surface area contributed by atoms with E-state index in [2.05, 4.69) is 15.5 Å². The Hall–Kier alpha value is -3.21. The maximum Gasteiger partial charge on any atom is 0.369 e. The molecule has 3 heterocycles. The quantitative estimate of drug-likeness (QED) is 0.0931. The third-order valence-corrected chi connectivity index (χ3v) is 6.81. The zero-order valence-electron chi connectivity index (χ0n) is 18.2. The number of amides is 2. The Bertz CT molecular complexity index is 1050. The van der Waals surface area contributed by atoms with Crippen LogP contribution < -0.4 is 11.1 Å². The largest absolute Gasteiger partial charge is 0.424 e. The van der Waals surface area contributed by atoms with E-state index in [1.807, 2.05) is 0 Å². The van der Waals surface area contributed by atoms with E-state index < -0.39 is 53.5 Å². The Kier molecular flexibility index (Phi) is 7.75. The average molecular weight is 516 g/mol. The highest BCUT2D eigenvalue weighted by molar-refractivity contribution is 8.00. The van der Waals surface area contributed by atoms with Crippen molar-refractivity contribution in [1.82, 2.24) is 15.2 Å². The van der Waals surface area contributed by atoms with Gasteiger partial charge in [-0.05, 0) is 6.08 Å². The number of carbonyl (C=O) groups excluding carboxylic acids is 4. The molecular formula is C18H21N5O9S2. The predicted octanol–water partition coefficient (Wildman–Crippen LogP) is -0.760. The van der Waals surface area contributed by atoms with Crippen LogP contribution in [-0.4, -0.2) is 88.5 Å². The van der Waals surface area contributed by atoms with Crippen molar-refractivity contribution in [2.24, 2.45) is 5.16 Å². The van der Waals surface area contributed by atoms with Gasteiger partial charge in [0.15, 0.2) is 10.8 Å².